The van der Waals surface area contributed by atoms with Gasteiger partial charge in [-0.05, 0) is 128 Å². The molecule has 0 aromatic heterocycles. The van der Waals surface area contributed by atoms with Crippen molar-refractivity contribution in [1.29, 1.82) is 0 Å². The van der Waals surface area contributed by atoms with E-state index in [4.69, 9.17) is 18.5 Å². The highest BCUT2D eigenvalue weighted by Gasteiger charge is 2.21. The van der Waals surface area contributed by atoms with Gasteiger partial charge in [-0.25, -0.2) is 0 Å². The van der Waals surface area contributed by atoms with E-state index >= 15 is 0 Å². The number of esters is 2. The van der Waals surface area contributed by atoms with Crippen molar-refractivity contribution >= 4 is 19.8 Å². The Kier molecular flexibility index (Phi) is 55.6. The second-order valence-electron chi connectivity index (χ2n) is 20.9. The van der Waals surface area contributed by atoms with Gasteiger partial charge in [-0.3, -0.25) is 14.2 Å². The molecule has 0 heterocycles. The molecular weight excluding hydrogens is 1010 g/mol. The molecule has 0 aliphatic heterocycles. The molecule has 10 heteroatoms. The zero-order valence-electron chi connectivity index (χ0n) is 50.9. The monoisotopic (exact) mass is 1130 g/mol. The summed E-state index contributed by atoms with van der Waals surface area (Å²) >= 11 is 0. The van der Waals surface area contributed by atoms with Crippen molar-refractivity contribution in [2.75, 3.05) is 47.5 Å². The lowest BCUT2D eigenvalue weighted by molar-refractivity contribution is -0.870. The molecule has 0 rings (SSSR count). The molecule has 0 saturated heterocycles. The maximum absolute atomic E-state index is 12.8. The smallest absolute Gasteiger partial charge is 0.306 e. The second-order valence-corrected chi connectivity index (χ2v) is 22.4. The van der Waals surface area contributed by atoms with Gasteiger partial charge in [0.2, 0.25) is 0 Å². The van der Waals surface area contributed by atoms with Gasteiger partial charge in [0.05, 0.1) is 27.7 Å². The number of allylic oxidation sites excluding steroid dienone is 28. The number of unbranched alkanes of at least 4 members (excludes halogenated alkanes) is 12. The van der Waals surface area contributed by atoms with Crippen molar-refractivity contribution < 1.29 is 42.1 Å². The Morgan fingerprint density at radius 3 is 1.02 bits per heavy atom. The third kappa shape index (κ3) is 62.6. The molecule has 450 valence electrons. The number of carbonyl (C=O) groups excluding carboxylic acids is 2. The van der Waals surface area contributed by atoms with Gasteiger partial charge in [-0.1, -0.05) is 235 Å². The first kappa shape index (κ1) is 75.4. The van der Waals surface area contributed by atoms with E-state index in [-0.39, 0.29) is 26.1 Å². The number of phosphoric acid groups is 1. The summed E-state index contributed by atoms with van der Waals surface area (Å²) in [6.45, 7) is 3.92. The molecule has 0 aromatic carbocycles. The molecule has 0 spiro atoms. The molecule has 9 nitrogen and oxygen atoms in total. The number of rotatable bonds is 54. The number of hydrogen-bond acceptors (Lipinski definition) is 8. The van der Waals surface area contributed by atoms with E-state index in [0.717, 1.165) is 128 Å². The number of phosphoric ester groups is 1. The molecule has 0 saturated carbocycles. The van der Waals surface area contributed by atoms with Crippen molar-refractivity contribution in [1.82, 2.24) is 0 Å². The van der Waals surface area contributed by atoms with E-state index < -0.39 is 32.5 Å². The fourth-order valence-electron chi connectivity index (χ4n) is 7.56. The lowest BCUT2D eigenvalue weighted by Crippen LogP contribution is -2.37. The average Bonchev–Trinajstić information content (AvgIpc) is 3.42. The molecular formula is C70H112NO8P. The maximum atomic E-state index is 12.8. The quantitative estimate of drug-likeness (QED) is 0.0195. The standard InChI is InChI=1S/C70H112NO8P/c1-6-8-10-12-14-16-18-20-22-23-24-25-26-27-28-29-30-31-32-33-34-35-36-37-38-39-40-41-42-43-44-45-46-47-49-51-53-55-57-59-61-63-70(73)79-68(67-78-80(74,75)77-65-64-71(3,4)5)66-76-69(72)62-60-58-56-54-52-50-48-21-19-17-15-13-11-9-7-2/h8-11,14-17,20-22,24-25,27-28,30-31,33-34,36-37,39-40,42-43,48,52,54,68H,6-7,12-13,18-19,23,26,29,32,35,38,41,44-47,49-51,53,55-67H2,1-5H3/b10-8-,11-9-,16-14-,17-15-,22-20-,25-24-,28-27-,31-30-,34-33-,37-36-,40-39-,43-42-,48-21-,54-52-. The van der Waals surface area contributed by atoms with Gasteiger partial charge in [0, 0.05) is 12.8 Å². The molecule has 0 bridgehead atoms. The summed E-state index contributed by atoms with van der Waals surface area (Å²) in [6.07, 6.45) is 90.0. The molecule has 0 radical (unpaired) electrons. The highest BCUT2D eigenvalue weighted by atomic mass is 31.2. The van der Waals surface area contributed by atoms with Gasteiger partial charge in [-0.15, -0.1) is 0 Å². The molecule has 0 aliphatic rings. The van der Waals surface area contributed by atoms with Crippen LogP contribution in [0.2, 0.25) is 0 Å². The first-order valence-electron chi connectivity index (χ1n) is 30.8. The Balaban J connectivity index is 4.13. The minimum absolute atomic E-state index is 0.0472. The largest absolute Gasteiger partial charge is 0.756 e. The van der Waals surface area contributed by atoms with E-state index in [1.807, 2.05) is 21.1 Å². The summed E-state index contributed by atoms with van der Waals surface area (Å²) in [5, 5.41) is 0. The average molecular weight is 1130 g/mol. The van der Waals surface area contributed by atoms with Crippen molar-refractivity contribution in [3.05, 3.63) is 170 Å². The molecule has 0 fully saturated rings. The van der Waals surface area contributed by atoms with Gasteiger partial charge >= 0.3 is 11.9 Å². The van der Waals surface area contributed by atoms with Crippen LogP contribution in [0.15, 0.2) is 170 Å². The number of hydrogen-bond donors (Lipinski definition) is 0. The predicted molar refractivity (Wildman–Crippen MR) is 341 cm³/mol. The summed E-state index contributed by atoms with van der Waals surface area (Å²) in [5.74, 6) is -0.901. The van der Waals surface area contributed by atoms with Crippen LogP contribution in [0.5, 0.6) is 0 Å². The summed E-state index contributed by atoms with van der Waals surface area (Å²) in [6, 6.07) is 0. The summed E-state index contributed by atoms with van der Waals surface area (Å²) < 4.78 is 34.1. The molecule has 0 aromatic rings. The van der Waals surface area contributed by atoms with Gasteiger partial charge < -0.3 is 27.9 Å². The number of nitrogens with zero attached hydrogens (tertiary/aromatic N) is 1. The minimum atomic E-state index is -4.66. The van der Waals surface area contributed by atoms with Crippen LogP contribution in [-0.2, 0) is 32.7 Å². The molecule has 0 N–H and O–H groups in total. The van der Waals surface area contributed by atoms with Crippen LogP contribution in [0.1, 0.15) is 206 Å². The van der Waals surface area contributed by atoms with Crippen LogP contribution in [0.25, 0.3) is 0 Å². The van der Waals surface area contributed by atoms with Crippen molar-refractivity contribution in [2.24, 2.45) is 0 Å². The van der Waals surface area contributed by atoms with E-state index in [0.29, 0.717) is 23.9 Å². The van der Waals surface area contributed by atoms with Crippen molar-refractivity contribution in [3.8, 4) is 0 Å². The van der Waals surface area contributed by atoms with Crippen LogP contribution < -0.4 is 4.89 Å². The van der Waals surface area contributed by atoms with Crippen LogP contribution >= 0.6 is 7.82 Å². The lowest BCUT2D eigenvalue weighted by Gasteiger charge is -2.28. The zero-order valence-corrected chi connectivity index (χ0v) is 51.8. The SMILES string of the molecule is CC/C=C\C/C=C\C/C=C\C/C=C\C/C=C\C/C=C\C/C=C\C/C=C\C/C=C\C/C=C\CCCCCCCCCCCCC(=O)OC(COC(=O)CCCC/C=C\C/C=C\C/C=C\C/C=C\CC)COP(=O)([O-])OCC[N+](C)(C)C. The lowest BCUT2D eigenvalue weighted by atomic mass is 10.0. The molecule has 0 aliphatic carbocycles. The number of likely N-dealkylation sites (N-methyl/N-ethyl adjacent to an activating group) is 1. The summed E-state index contributed by atoms with van der Waals surface area (Å²) in [5.41, 5.74) is 0. The van der Waals surface area contributed by atoms with Gasteiger partial charge in [0.25, 0.3) is 7.82 Å². The van der Waals surface area contributed by atoms with E-state index in [1.165, 1.54) is 38.5 Å². The topological polar surface area (TPSA) is 111 Å². The number of ether oxygens (including phenoxy) is 2. The Morgan fingerprint density at radius 1 is 0.388 bits per heavy atom. The first-order chi connectivity index (χ1) is 39.0. The highest BCUT2D eigenvalue weighted by Crippen LogP contribution is 2.38. The second kappa shape index (κ2) is 59.0. The van der Waals surface area contributed by atoms with Gasteiger partial charge in [-0.2, -0.15) is 0 Å². The summed E-state index contributed by atoms with van der Waals surface area (Å²) in [4.78, 5) is 37.8. The minimum Gasteiger partial charge on any atom is -0.756 e. The molecule has 80 heavy (non-hydrogen) atoms. The Labute approximate surface area is 489 Å². The Bertz CT molecular complexity index is 1950. The van der Waals surface area contributed by atoms with Crippen LogP contribution in [0, 0.1) is 0 Å². The summed E-state index contributed by atoms with van der Waals surface area (Å²) in [7, 11) is 1.12. The van der Waals surface area contributed by atoms with Crippen LogP contribution in [0.3, 0.4) is 0 Å². The van der Waals surface area contributed by atoms with Gasteiger partial charge in [0.1, 0.15) is 19.8 Å². The van der Waals surface area contributed by atoms with Gasteiger partial charge in [0.15, 0.2) is 6.10 Å². The Morgan fingerprint density at radius 2 is 0.675 bits per heavy atom. The Hall–Kier alpha value is -4.63. The normalized spacial score (nSPS) is 14.4. The van der Waals surface area contributed by atoms with Crippen molar-refractivity contribution in [2.45, 2.75) is 213 Å². The fourth-order valence-corrected chi connectivity index (χ4v) is 8.28. The molecule has 2 atom stereocenters. The molecule has 2 unspecified atom stereocenters. The van der Waals surface area contributed by atoms with Crippen molar-refractivity contribution in [3.63, 3.8) is 0 Å². The number of carbonyl (C=O) groups is 2. The van der Waals surface area contributed by atoms with E-state index in [9.17, 15) is 19.0 Å². The molecule has 0 amide bonds. The van der Waals surface area contributed by atoms with Crippen LogP contribution in [0.4, 0.5) is 0 Å². The fraction of sp³-hybridized carbons (Fsp3) is 0.571. The third-order valence-electron chi connectivity index (χ3n) is 12.2. The number of quaternary nitrogens is 1. The predicted octanol–water partition coefficient (Wildman–Crippen LogP) is 19.2. The first-order valence-corrected chi connectivity index (χ1v) is 32.3. The third-order valence-corrected chi connectivity index (χ3v) is 13.2. The van der Waals surface area contributed by atoms with E-state index in [2.05, 4.69) is 184 Å². The van der Waals surface area contributed by atoms with Crippen LogP contribution in [-0.4, -0.2) is 70.0 Å². The maximum Gasteiger partial charge on any atom is 0.306 e. The van der Waals surface area contributed by atoms with E-state index in [1.54, 1.807) is 0 Å². The highest BCUT2D eigenvalue weighted by molar-refractivity contribution is 7.45. The zero-order chi connectivity index (χ0) is 58.4.